The molecule has 2 unspecified atom stereocenters. The van der Waals surface area contributed by atoms with E-state index in [0.29, 0.717) is 12.0 Å². The van der Waals surface area contributed by atoms with Crippen molar-refractivity contribution < 1.29 is 0 Å². The van der Waals surface area contributed by atoms with Crippen molar-refractivity contribution in [1.82, 2.24) is 10.2 Å². The Labute approximate surface area is 130 Å². The summed E-state index contributed by atoms with van der Waals surface area (Å²) in [7, 11) is 0. The summed E-state index contributed by atoms with van der Waals surface area (Å²) in [5, 5.41) is 3.77. The highest BCUT2D eigenvalue weighted by Gasteiger charge is 2.22. The normalized spacial score (nSPS) is 20.3. The molecule has 2 rings (SSSR count). The molecule has 0 amide bonds. The minimum Gasteiger partial charge on any atom is -0.314 e. The van der Waals surface area contributed by atoms with Crippen LogP contribution >= 0.6 is 0 Å². The van der Waals surface area contributed by atoms with Gasteiger partial charge in [0, 0.05) is 6.04 Å². The summed E-state index contributed by atoms with van der Waals surface area (Å²) in [6.45, 7) is 11.9. The van der Waals surface area contributed by atoms with Crippen LogP contribution in [0.3, 0.4) is 0 Å². The Morgan fingerprint density at radius 3 is 2.43 bits per heavy atom. The Hall–Kier alpha value is -0.860. The van der Waals surface area contributed by atoms with E-state index in [4.69, 9.17) is 0 Å². The Morgan fingerprint density at radius 1 is 1.14 bits per heavy atom. The predicted octanol–water partition coefficient (Wildman–Crippen LogP) is 3.89. The van der Waals surface area contributed by atoms with E-state index >= 15 is 0 Å². The molecule has 0 radical (unpaired) electrons. The molecule has 21 heavy (non-hydrogen) atoms. The van der Waals surface area contributed by atoms with Gasteiger partial charge >= 0.3 is 0 Å². The first-order chi connectivity index (χ1) is 10.2. The fourth-order valence-corrected chi connectivity index (χ4v) is 3.41. The highest BCUT2D eigenvalue weighted by atomic mass is 15.1. The topological polar surface area (TPSA) is 15.3 Å². The second-order valence-electron chi connectivity index (χ2n) is 6.61. The average molecular weight is 288 g/mol. The number of benzene rings is 1. The third-order valence-corrected chi connectivity index (χ3v) is 5.20. The van der Waals surface area contributed by atoms with Gasteiger partial charge in [0.05, 0.1) is 0 Å². The molecule has 0 bridgehead atoms. The van der Waals surface area contributed by atoms with Crippen LogP contribution in [0.25, 0.3) is 0 Å². The fourth-order valence-electron chi connectivity index (χ4n) is 3.41. The first kappa shape index (κ1) is 16.5. The van der Waals surface area contributed by atoms with Crippen molar-refractivity contribution in [1.29, 1.82) is 0 Å². The van der Waals surface area contributed by atoms with Gasteiger partial charge in [-0.05, 0) is 69.8 Å². The summed E-state index contributed by atoms with van der Waals surface area (Å²) >= 11 is 0. The third kappa shape index (κ3) is 5.12. The second kappa shape index (κ2) is 8.55. The van der Waals surface area contributed by atoms with Gasteiger partial charge < -0.3 is 10.2 Å². The Morgan fingerprint density at radius 2 is 1.81 bits per heavy atom. The Balaban J connectivity index is 1.66. The van der Waals surface area contributed by atoms with Crippen molar-refractivity contribution in [2.75, 3.05) is 26.2 Å². The molecule has 0 spiro atoms. The van der Waals surface area contributed by atoms with Crippen molar-refractivity contribution in [3.05, 3.63) is 35.9 Å². The van der Waals surface area contributed by atoms with Crippen LogP contribution in [0.2, 0.25) is 0 Å². The summed E-state index contributed by atoms with van der Waals surface area (Å²) in [6, 6.07) is 11.5. The summed E-state index contributed by atoms with van der Waals surface area (Å²) < 4.78 is 0. The molecule has 1 saturated heterocycles. The minimum absolute atomic E-state index is 0.646. The van der Waals surface area contributed by atoms with E-state index in [9.17, 15) is 0 Å². The van der Waals surface area contributed by atoms with E-state index in [1.54, 1.807) is 0 Å². The van der Waals surface area contributed by atoms with Crippen LogP contribution in [-0.2, 0) is 0 Å². The SMILES string of the molecule is CCN1CCC(C(C)NCCC(C)c2ccccc2)CC1. The monoisotopic (exact) mass is 288 g/mol. The van der Waals surface area contributed by atoms with Crippen LogP contribution in [0.5, 0.6) is 0 Å². The molecule has 1 fully saturated rings. The summed E-state index contributed by atoms with van der Waals surface area (Å²) in [6.07, 6.45) is 3.94. The van der Waals surface area contributed by atoms with Crippen LogP contribution < -0.4 is 5.32 Å². The molecular formula is C19H32N2. The zero-order valence-electron chi connectivity index (χ0n) is 14.0. The minimum atomic E-state index is 0.646. The Bertz CT molecular complexity index is 382. The average Bonchev–Trinajstić information content (AvgIpc) is 2.55. The fraction of sp³-hybridized carbons (Fsp3) is 0.684. The standard InChI is InChI=1S/C19H32N2/c1-4-21-14-11-19(12-15-21)17(3)20-13-10-16(2)18-8-6-5-7-9-18/h5-9,16-17,19-20H,4,10-15H2,1-3H3. The maximum Gasteiger partial charge on any atom is 0.00679 e. The van der Waals surface area contributed by atoms with Gasteiger partial charge in [-0.1, -0.05) is 44.2 Å². The molecule has 1 N–H and O–H groups in total. The molecule has 2 heteroatoms. The van der Waals surface area contributed by atoms with Crippen LogP contribution in [0, 0.1) is 5.92 Å². The third-order valence-electron chi connectivity index (χ3n) is 5.20. The zero-order chi connectivity index (χ0) is 15.1. The van der Waals surface area contributed by atoms with Crippen molar-refractivity contribution >= 4 is 0 Å². The maximum atomic E-state index is 3.77. The van der Waals surface area contributed by atoms with E-state index in [0.717, 1.165) is 12.5 Å². The van der Waals surface area contributed by atoms with Gasteiger partial charge in [-0.25, -0.2) is 0 Å². The second-order valence-corrected chi connectivity index (χ2v) is 6.61. The van der Waals surface area contributed by atoms with Gasteiger partial charge in [-0.15, -0.1) is 0 Å². The number of piperidine rings is 1. The quantitative estimate of drug-likeness (QED) is 0.819. The van der Waals surface area contributed by atoms with Gasteiger partial charge in [0.15, 0.2) is 0 Å². The summed E-state index contributed by atoms with van der Waals surface area (Å²) in [5.74, 6) is 1.51. The molecule has 1 aliphatic rings. The molecule has 0 saturated carbocycles. The van der Waals surface area contributed by atoms with Gasteiger partial charge in [-0.2, -0.15) is 0 Å². The molecule has 1 aliphatic heterocycles. The lowest BCUT2D eigenvalue weighted by molar-refractivity contribution is 0.169. The van der Waals surface area contributed by atoms with Crippen molar-refractivity contribution in [2.24, 2.45) is 5.92 Å². The molecule has 1 aromatic rings. The summed E-state index contributed by atoms with van der Waals surface area (Å²) in [4.78, 5) is 2.57. The van der Waals surface area contributed by atoms with Crippen LogP contribution in [0.15, 0.2) is 30.3 Å². The first-order valence-corrected chi connectivity index (χ1v) is 8.71. The van der Waals surface area contributed by atoms with E-state index < -0.39 is 0 Å². The van der Waals surface area contributed by atoms with Crippen molar-refractivity contribution in [3.63, 3.8) is 0 Å². The zero-order valence-corrected chi connectivity index (χ0v) is 14.0. The molecule has 2 nitrogen and oxygen atoms in total. The van der Waals surface area contributed by atoms with Gasteiger partial charge in [0.1, 0.15) is 0 Å². The van der Waals surface area contributed by atoms with Crippen molar-refractivity contribution in [3.8, 4) is 0 Å². The molecule has 118 valence electrons. The predicted molar refractivity (Wildman–Crippen MR) is 91.8 cm³/mol. The largest absolute Gasteiger partial charge is 0.314 e. The molecular weight excluding hydrogens is 256 g/mol. The lowest BCUT2D eigenvalue weighted by Gasteiger charge is -2.34. The first-order valence-electron chi connectivity index (χ1n) is 8.71. The van der Waals surface area contributed by atoms with Crippen LogP contribution in [0.1, 0.15) is 51.5 Å². The highest BCUT2D eigenvalue weighted by Crippen LogP contribution is 2.21. The molecule has 2 atom stereocenters. The molecule has 1 aromatic carbocycles. The number of nitrogens with zero attached hydrogens (tertiary/aromatic N) is 1. The van der Waals surface area contributed by atoms with Gasteiger partial charge in [0.25, 0.3) is 0 Å². The Kier molecular flexibility index (Phi) is 6.72. The van der Waals surface area contributed by atoms with Crippen molar-refractivity contribution in [2.45, 2.75) is 52.0 Å². The van der Waals surface area contributed by atoms with E-state index in [-0.39, 0.29) is 0 Å². The van der Waals surface area contributed by atoms with Crippen LogP contribution in [0.4, 0.5) is 0 Å². The van der Waals surface area contributed by atoms with Gasteiger partial charge in [-0.3, -0.25) is 0 Å². The maximum absolute atomic E-state index is 3.77. The van der Waals surface area contributed by atoms with E-state index in [1.807, 2.05) is 0 Å². The lowest BCUT2D eigenvalue weighted by Crippen LogP contribution is -2.42. The number of likely N-dealkylation sites (tertiary alicyclic amines) is 1. The number of rotatable bonds is 7. The number of hydrogen-bond donors (Lipinski definition) is 1. The lowest BCUT2D eigenvalue weighted by atomic mass is 9.90. The highest BCUT2D eigenvalue weighted by molar-refractivity contribution is 5.18. The van der Waals surface area contributed by atoms with Gasteiger partial charge in [0.2, 0.25) is 0 Å². The van der Waals surface area contributed by atoms with Crippen LogP contribution in [-0.4, -0.2) is 37.1 Å². The molecule has 0 aromatic heterocycles. The van der Waals surface area contributed by atoms with E-state index in [1.165, 1.54) is 44.5 Å². The molecule has 1 heterocycles. The van der Waals surface area contributed by atoms with E-state index in [2.05, 4.69) is 61.3 Å². The molecule has 0 aliphatic carbocycles. The number of hydrogen-bond acceptors (Lipinski definition) is 2. The summed E-state index contributed by atoms with van der Waals surface area (Å²) in [5.41, 5.74) is 1.46. The smallest absolute Gasteiger partial charge is 0.00679 e. The number of nitrogens with one attached hydrogen (secondary N) is 1.